The molecule has 0 fully saturated rings. The van der Waals surface area contributed by atoms with E-state index in [0.29, 0.717) is 30.3 Å². The molecule has 1 heterocycles. The van der Waals surface area contributed by atoms with Crippen LogP contribution >= 0.6 is 0 Å². The summed E-state index contributed by atoms with van der Waals surface area (Å²) in [4.78, 5) is 14.3. The van der Waals surface area contributed by atoms with E-state index in [9.17, 15) is 0 Å². The maximum Gasteiger partial charge on any atom is 0.203 e. The second-order valence-electron chi connectivity index (χ2n) is 6.90. The van der Waals surface area contributed by atoms with E-state index in [1.807, 2.05) is 48.5 Å². The highest BCUT2D eigenvalue weighted by Crippen LogP contribution is 2.38. The number of imidazole rings is 1. The molecule has 2 aromatic carbocycles. The van der Waals surface area contributed by atoms with E-state index < -0.39 is 0 Å². The zero-order valence-electron chi connectivity index (χ0n) is 18.6. The molecule has 0 aliphatic rings. The SMILES string of the molecule is CN=C(NCc1cc(OC)c(OC)c(OC)c1)N(C)Cc1ncc(-c2ccccc2)[nH]1. The molecule has 0 saturated carbocycles. The number of nitrogens with one attached hydrogen (secondary N) is 2. The van der Waals surface area contributed by atoms with Gasteiger partial charge in [0.25, 0.3) is 0 Å². The van der Waals surface area contributed by atoms with Crippen LogP contribution in [0.3, 0.4) is 0 Å². The highest BCUT2D eigenvalue weighted by atomic mass is 16.5. The summed E-state index contributed by atoms with van der Waals surface area (Å²) >= 11 is 0. The lowest BCUT2D eigenvalue weighted by Crippen LogP contribution is -2.38. The van der Waals surface area contributed by atoms with Crippen LogP contribution in [0.4, 0.5) is 0 Å². The predicted octanol–water partition coefficient (Wildman–Crippen LogP) is 3.31. The minimum atomic E-state index is 0.543. The Morgan fingerprint density at radius 1 is 1.06 bits per heavy atom. The van der Waals surface area contributed by atoms with Gasteiger partial charge in [-0.3, -0.25) is 4.99 Å². The van der Waals surface area contributed by atoms with Crippen molar-refractivity contribution in [1.82, 2.24) is 20.2 Å². The summed E-state index contributed by atoms with van der Waals surface area (Å²) in [7, 11) is 8.52. The maximum atomic E-state index is 5.43. The molecule has 0 spiro atoms. The normalized spacial score (nSPS) is 11.2. The molecule has 164 valence electrons. The van der Waals surface area contributed by atoms with Crippen molar-refractivity contribution in [2.75, 3.05) is 35.4 Å². The van der Waals surface area contributed by atoms with Crippen LogP contribution in [-0.4, -0.2) is 56.3 Å². The second kappa shape index (κ2) is 10.4. The fourth-order valence-corrected chi connectivity index (χ4v) is 3.31. The van der Waals surface area contributed by atoms with E-state index in [1.165, 1.54) is 0 Å². The van der Waals surface area contributed by atoms with E-state index in [4.69, 9.17) is 14.2 Å². The van der Waals surface area contributed by atoms with Gasteiger partial charge in [-0.05, 0) is 23.3 Å². The van der Waals surface area contributed by atoms with Gasteiger partial charge in [0.1, 0.15) is 5.82 Å². The third-order valence-electron chi connectivity index (χ3n) is 4.85. The topological polar surface area (TPSA) is 84.0 Å². The van der Waals surface area contributed by atoms with Crippen molar-refractivity contribution in [3.63, 3.8) is 0 Å². The summed E-state index contributed by atoms with van der Waals surface area (Å²) in [6, 6.07) is 14.0. The number of aromatic nitrogens is 2. The summed E-state index contributed by atoms with van der Waals surface area (Å²) in [5.41, 5.74) is 3.08. The van der Waals surface area contributed by atoms with Crippen molar-refractivity contribution >= 4 is 5.96 Å². The smallest absolute Gasteiger partial charge is 0.203 e. The van der Waals surface area contributed by atoms with Crippen LogP contribution in [0, 0.1) is 0 Å². The Balaban J connectivity index is 1.66. The minimum absolute atomic E-state index is 0.543. The molecule has 3 aromatic rings. The van der Waals surface area contributed by atoms with Crippen molar-refractivity contribution in [2.24, 2.45) is 4.99 Å². The molecule has 0 saturated heterocycles. The van der Waals surface area contributed by atoms with Crippen LogP contribution in [0.1, 0.15) is 11.4 Å². The van der Waals surface area contributed by atoms with Gasteiger partial charge >= 0.3 is 0 Å². The van der Waals surface area contributed by atoms with Crippen LogP contribution < -0.4 is 19.5 Å². The lowest BCUT2D eigenvalue weighted by molar-refractivity contribution is 0.323. The van der Waals surface area contributed by atoms with Gasteiger partial charge in [0, 0.05) is 20.6 Å². The summed E-state index contributed by atoms with van der Waals surface area (Å²) in [5, 5.41) is 3.37. The molecule has 0 aliphatic heterocycles. The third kappa shape index (κ3) is 5.28. The number of nitrogens with zero attached hydrogens (tertiary/aromatic N) is 3. The Labute approximate surface area is 182 Å². The van der Waals surface area contributed by atoms with Gasteiger partial charge in [-0.15, -0.1) is 0 Å². The van der Waals surface area contributed by atoms with Crippen LogP contribution in [0.5, 0.6) is 17.2 Å². The van der Waals surface area contributed by atoms with Crippen molar-refractivity contribution in [2.45, 2.75) is 13.1 Å². The Kier molecular flexibility index (Phi) is 7.37. The summed E-state index contributed by atoms with van der Waals surface area (Å²) in [6.07, 6.45) is 1.85. The molecule has 8 nitrogen and oxygen atoms in total. The number of guanidine groups is 1. The van der Waals surface area contributed by atoms with Crippen LogP contribution in [0.25, 0.3) is 11.3 Å². The Hall–Kier alpha value is -3.68. The van der Waals surface area contributed by atoms with Gasteiger partial charge in [0.05, 0.1) is 39.8 Å². The number of benzene rings is 2. The van der Waals surface area contributed by atoms with Crippen LogP contribution in [-0.2, 0) is 13.1 Å². The number of ether oxygens (including phenoxy) is 3. The molecule has 0 aliphatic carbocycles. The highest BCUT2D eigenvalue weighted by molar-refractivity contribution is 5.79. The highest BCUT2D eigenvalue weighted by Gasteiger charge is 2.14. The molecule has 31 heavy (non-hydrogen) atoms. The van der Waals surface area contributed by atoms with Crippen molar-refractivity contribution in [3.05, 3.63) is 60.0 Å². The first-order chi connectivity index (χ1) is 15.1. The number of aliphatic imine (C=N–C) groups is 1. The third-order valence-corrected chi connectivity index (χ3v) is 4.85. The molecule has 0 bridgehead atoms. The molecule has 0 unspecified atom stereocenters. The van der Waals surface area contributed by atoms with Gasteiger partial charge in [0.15, 0.2) is 17.5 Å². The Morgan fingerprint density at radius 2 is 1.74 bits per heavy atom. The average molecular weight is 424 g/mol. The molecule has 0 amide bonds. The van der Waals surface area contributed by atoms with Crippen molar-refractivity contribution in [3.8, 4) is 28.5 Å². The summed E-state index contributed by atoms with van der Waals surface area (Å²) in [5.74, 6) is 3.41. The van der Waals surface area contributed by atoms with Crippen LogP contribution in [0.2, 0.25) is 0 Å². The fourth-order valence-electron chi connectivity index (χ4n) is 3.31. The van der Waals surface area contributed by atoms with Gasteiger partial charge in [-0.1, -0.05) is 30.3 Å². The maximum absolute atomic E-state index is 5.43. The lowest BCUT2D eigenvalue weighted by Gasteiger charge is -2.21. The van der Waals surface area contributed by atoms with Crippen LogP contribution in [0.15, 0.2) is 53.7 Å². The minimum Gasteiger partial charge on any atom is -0.493 e. The fraction of sp³-hybridized carbons (Fsp3) is 0.304. The molecule has 0 radical (unpaired) electrons. The van der Waals surface area contributed by atoms with E-state index in [1.54, 1.807) is 28.4 Å². The van der Waals surface area contributed by atoms with Crippen molar-refractivity contribution < 1.29 is 14.2 Å². The van der Waals surface area contributed by atoms with Gasteiger partial charge in [-0.25, -0.2) is 4.98 Å². The number of H-pyrrole nitrogens is 1. The summed E-state index contributed by atoms with van der Waals surface area (Å²) in [6.45, 7) is 1.13. The molecule has 8 heteroatoms. The first kappa shape index (κ1) is 22.0. The number of hydrogen-bond donors (Lipinski definition) is 2. The van der Waals surface area contributed by atoms with Gasteiger partial charge in [0.2, 0.25) is 5.75 Å². The first-order valence-electron chi connectivity index (χ1n) is 9.89. The van der Waals surface area contributed by atoms with E-state index in [2.05, 4.69) is 32.4 Å². The van der Waals surface area contributed by atoms with E-state index in [0.717, 1.165) is 28.6 Å². The average Bonchev–Trinajstić information content (AvgIpc) is 3.27. The first-order valence-corrected chi connectivity index (χ1v) is 9.89. The standard InChI is InChI=1S/C23H29N5O3/c1-24-23(26-13-16-11-19(29-3)22(31-5)20(12-16)30-4)28(2)15-21-25-14-18(27-21)17-9-7-6-8-10-17/h6-12,14H,13,15H2,1-5H3,(H,24,26)(H,25,27). The molecular weight excluding hydrogens is 394 g/mol. The molecule has 2 N–H and O–H groups in total. The second-order valence-corrected chi connectivity index (χ2v) is 6.90. The molecule has 3 rings (SSSR count). The lowest BCUT2D eigenvalue weighted by atomic mass is 10.2. The predicted molar refractivity (Wildman–Crippen MR) is 122 cm³/mol. The van der Waals surface area contributed by atoms with Gasteiger partial charge in [-0.2, -0.15) is 0 Å². The quantitative estimate of drug-likeness (QED) is 0.427. The monoisotopic (exact) mass is 423 g/mol. The summed E-state index contributed by atoms with van der Waals surface area (Å²) < 4.78 is 16.2. The van der Waals surface area contributed by atoms with E-state index in [-0.39, 0.29) is 0 Å². The zero-order chi connectivity index (χ0) is 22.2. The number of hydrogen-bond acceptors (Lipinski definition) is 5. The molecular formula is C23H29N5O3. The Morgan fingerprint density at radius 3 is 2.32 bits per heavy atom. The van der Waals surface area contributed by atoms with E-state index >= 15 is 0 Å². The Bertz CT molecular complexity index is 992. The largest absolute Gasteiger partial charge is 0.493 e. The number of rotatable bonds is 8. The number of methoxy groups -OCH3 is 3. The molecule has 1 aromatic heterocycles. The number of aromatic amines is 1. The van der Waals surface area contributed by atoms with Crippen molar-refractivity contribution in [1.29, 1.82) is 0 Å². The zero-order valence-corrected chi connectivity index (χ0v) is 18.6. The van der Waals surface area contributed by atoms with Gasteiger partial charge < -0.3 is 29.4 Å². The molecule has 0 atom stereocenters.